The molecule has 1 aromatic heterocycles. The number of benzene rings is 1. The van der Waals surface area contributed by atoms with Crippen LogP contribution in [0, 0.1) is 12.8 Å². The van der Waals surface area contributed by atoms with Crippen molar-refractivity contribution in [1.29, 1.82) is 0 Å². The Morgan fingerprint density at radius 2 is 2.17 bits per heavy atom. The summed E-state index contributed by atoms with van der Waals surface area (Å²) in [7, 11) is 0. The lowest BCUT2D eigenvalue weighted by molar-refractivity contribution is 0.0170. The Balaban J connectivity index is 1.99. The van der Waals surface area contributed by atoms with Gasteiger partial charge >= 0.3 is 6.03 Å². The van der Waals surface area contributed by atoms with Crippen molar-refractivity contribution < 1.29 is 9.90 Å². The number of amides is 2. The van der Waals surface area contributed by atoms with Gasteiger partial charge in [-0.25, -0.2) is 9.78 Å². The molecule has 0 aliphatic heterocycles. The molecular weight excluding hydrogens is 310 g/mol. The smallest absolute Gasteiger partial charge is 0.319 e. The molecule has 0 fully saturated rings. The van der Waals surface area contributed by atoms with Crippen LogP contribution in [0.15, 0.2) is 29.6 Å². The fourth-order valence-corrected chi connectivity index (χ4v) is 2.65. The normalized spacial score (nSPS) is 13.7. The molecule has 5 nitrogen and oxygen atoms in total. The van der Waals surface area contributed by atoms with Gasteiger partial charge in [0.2, 0.25) is 0 Å². The fraction of sp³-hybridized carbons (Fsp3) is 0.412. The van der Waals surface area contributed by atoms with Crippen LogP contribution in [-0.4, -0.2) is 28.3 Å². The van der Waals surface area contributed by atoms with E-state index in [2.05, 4.69) is 15.6 Å². The first-order chi connectivity index (χ1) is 10.8. The maximum absolute atomic E-state index is 12.0. The quantitative estimate of drug-likeness (QED) is 0.782. The molecule has 2 amide bonds. The Hall–Kier alpha value is -1.92. The number of carbonyl (C=O) groups excluding carboxylic acids is 1. The number of hydrogen-bond donors (Lipinski definition) is 3. The van der Waals surface area contributed by atoms with Crippen LogP contribution in [0.25, 0.3) is 10.6 Å². The molecule has 1 atom stereocenters. The molecule has 6 heteroatoms. The number of urea groups is 1. The van der Waals surface area contributed by atoms with Crippen molar-refractivity contribution in [2.75, 3.05) is 11.9 Å². The third-order valence-corrected chi connectivity index (χ3v) is 4.85. The van der Waals surface area contributed by atoms with E-state index in [1.54, 1.807) is 18.3 Å². The standard InChI is InChI=1S/C17H23N3O2S/c1-11(2)17(4,22)10-18-16(21)20-14-7-5-6-13(8-14)15-19-12(3)9-23-15/h5-9,11,22H,10H2,1-4H3,(H2,18,20,21). The summed E-state index contributed by atoms with van der Waals surface area (Å²) < 4.78 is 0. The number of aliphatic hydroxyl groups is 1. The van der Waals surface area contributed by atoms with E-state index in [9.17, 15) is 9.90 Å². The zero-order chi connectivity index (χ0) is 17.0. The number of aromatic nitrogens is 1. The minimum atomic E-state index is -0.933. The maximum Gasteiger partial charge on any atom is 0.319 e. The van der Waals surface area contributed by atoms with E-state index in [1.807, 2.05) is 50.4 Å². The van der Waals surface area contributed by atoms with Crippen LogP contribution in [0.5, 0.6) is 0 Å². The van der Waals surface area contributed by atoms with E-state index in [0.717, 1.165) is 16.3 Å². The molecule has 0 aliphatic rings. The molecule has 0 aliphatic carbocycles. The van der Waals surface area contributed by atoms with Crippen molar-refractivity contribution in [3.05, 3.63) is 35.3 Å². The second kappa shape index (κ2) is 7.10. The molecule has 0 saturated carbocycles. The predicted octanol–water partition coefficient (Wildman–Crippen LogP) is 3.65. The molecule has 0 saturated heterocycles. The number of aryl methyl sites for hydroxylation is 1. The van der Waals surface area contributed by atoms with Crippen LogP contribution in [0.4, 0.5) is 10.5 Å². The Bertz CT molecular complexity index is 680. The van der Waals surface area contributed by atoms with Gasteiger partial charge in [-0.05, 0) is 31.9 Å². The van der Waals surface area contributed by atoms with Crippen LogP contribution in [0.2, 0.25) is 0 Å². The SMILES string of the molecule is Cc1csc(-c2cccc(NC(=O)NCC(C)(O)C(C)C)c2)n1. The number of carbonyl (C=O) groups is 1. The highest BCUT2D eigenvalue weighted by molar-refractivity contribution is 7.13. The molecule has 1 heterocycles. The summed E-state index contributed by atoms with van der Waals surface area (Å²) in [6.07, 6.45) is 0. The zero-order valence-corrected chi connectivity index (χ0v) is 14.7. The minimum Gasteiger partial charge on any atom is -0.388 e. The molecule has 1 unspecified atom stereocenters. The Labute approximate surface area is 140 Å². The summed E-state index contributed by atoms with van der Waals surface area (Å²) in [6, 6.07) is 7.22. The van der Waals surface area contributed by atoms with Gasteiger partial charge in [-0.15, -0.1) is 11.3 Å². The van der Waals surface area contributed by atoms with Crippen LogP contribution in [-0.2, 0) is 0 Å². The summed E-state index contributed by atoms with van der Waals surface area (Å²) in [6.45, 7) is 7.69. The average molecular weight is 333 g/mol. The van der Waals surface area contributed by atoms with Crippen LogP contribution in [0.1, 0.15) is 26.5 Å². The van der Waals surface area contributed by atoms with E-state index >= 15 is 0 Å². The van der Waals surface area contributed by atoms with Gasteiger partial charge < -0.3 is 15.7 Å². The summed E-state index contributed by atoms with van der Waals surface area (Å²) >= 11 is 1.57. The molecule has 0 radical (unpaired) electrons. The van der Waals surface area contributed by atoms with Gasteiger partial charge in [0.05, 0.1) is 5.60 Å². The molecule has 2 aromatic rings. The van der Waals surface area contributed by atoms with Crippen molar-refractivity contribution in [2.24, 2.45) is 5.92 Å². The predicted molar refractivity (Wildman–Crippen MR) is 94.8 cm³/mol. The van der Waals surface area contributed by atoms with Crippen molar-refractivity contribution in [3.8, 4) is 10.6 Å². The van der Waals surface area contributed by atoms with E-state index < -0.39 is 5.60 Å². The lowest BCUT2D eigenvalue weighted by Crippen LogP contribution is -2.45. The Morgan fingerprint density at radius 3 is 2.78 bits per heavy atom. The van der Waals surface area contributed by atoms with Gasteiger partial charge in [-0.1, -0.05) is 26.0 Å². The first-order valence-corrected chi connectivity index (χ1v) is 8.45. The van der Waals surface area contributed by atoms with Crippen LogP contribution >= 0.6 is 11.3 Å². The van der Waals surface area contributed by atoms with E-state index in [1.165, 1.54) is 0 Å². The van der Waals surface area contributed by atoms with E-state index in [-0.39, 0.29) is 18.5 Å². The highest BCUT2D eigenvalue weighted by atomic mass is 32.1. The lowest BCUT2D eigenvalue weighted by Gasteiger charge is -2.27. The second-order valence-electron chi connectivity index (χ2n) is 6.19. The summed E-state index contributed by atoms with van der Waals surface area (Å²) in [4.78, 5) is 16.4. The third kappa shape index (κ3) is 4.77. The van der Waals surface area contributed by atoms with Gasteiger partial charge in [-0.3, -0.25) is 0 Å². The van der Waals surface area contributed by atoms with Crippen molar-refractivity contribution in [3.63, 3.8) is 0 Å². The average Bonchev–Trinajstić information content (AvgIpc) is 2.92. The molecule has 23 heavy (non-hydrogen) atoms. The highest BCUT2D eigenvalue weighted by Crippen LogP contribution is 2.25. The van der Waals surface area contributed by atoms with Gasteiger partial charge in [0, 0.05) is 28.9 Å². The van der Waals surface area contributed by atoms with E-state index in [4.69, 9.17) is 0 Å². The number of anilines is 1. The minimum absolute atomic E-state index is 0.0549. The third-order valence-electron chi connectivity index (χ3n) is 3.84. The number of hydrogen-bond acceptors (Lipinski definition) is 4. The molecule has 3 N–H and O–H groups in total. The van der Waals surface area contributed by atoms with Crippen molar-refractivity contribution >= 4 is 23.1 Å². The first-order valence-electron chi connectivity index (χ1n) is 7.58. The topological polar surface area (TPSA) is 74.2 Å². The van der Waals surface area contributed by atoms with Crippen molar-refractivity contribution in [2.45, 2.75) is 33.3 Å². The molecule has 0 spiro atoms. The number of rotatable bonds is 5. The first kappa shape index (κ1) is 17.4. The molecule has 2 rings (SSSR count). The van der Waals surface area contributed by atoms with Gasteiger partial charge in [-0.2, -0.15) is 0 Å². The van der Waals surface area contributed by atoms with Gasteiger partial charge in [0.25, 0.3) is 0 Å². The molecular formula is C17H23N3O2S. The monoisotopic (exact) mass is 333 g/mol. The number of thiazole rings is 1. The fourth-order valence-electron chi connectivity index (χ4n) is 1.86. The van der Waals surface area contributed by atoms with E-state index in [0.29, 0.717) is 5.69 Å². The van der Waals surface area contributed by atoms with Crippen molar-refractivity contribution in [1.82, 2.24) is 10.3 Å². The van der Waals surface area contributed by atoms with Gasteiger partial charge in [0.15, 0.2) is 0 Å². The summed E-state index contributed by atoms with van der Waals surface area (Å²) in [5.41, 5.74) is 1.71. The largest absolute Gasteiger partial charge is 0.388 e. The zero-order valence-electron chi connectivity index (χ0n) is 13.9. The Morgan fingerprint density at radius 1 is 1.43 bits per heavy atom. The maximum atomic E-state index is 12.0. The lowest BCUT2D eigenvalue weighted by atomic mass is 9.93. The summed E-state index contributed by atoms with van der Waals surface area (Å²) in [5.74, 6) is 0.0549. The van der Waals surface area contributed by atoms with Crippen LogP contribution in [0.3, 0.4) is 0 Å². The summed E-state index contributed by atoms with van der Waals surface area (Å²) in [5, 5.41) is 18.6. The van der Waals surface area contributed by atoms with Crippen LogP contribution < -0.4 is 10.6 Å². The molecule has 0 bridgehead atoms. The second-order valence-corrected chi connectivity index (χ2v) is 7.05. The number of nitrogens with zero attached hydrogens (tertiary/aromatic N) is 1. The Kier molecular flexibility index (Phi) is 5.38. The number of nitrogens with one attached hydrogen (secondary N) is 2. The van der Waals surface area contributed by atoms with Gasteiger partial charge in [0.1, 0.15) is 5.01 Å². The molecule has 124 valence electrons. The highest BCUT2D eigenvalue weighted by Gasteiger charge is 2.25. The molecule has 1 aromatic carbocycles.